The van der Waals surface area contributed by atoms with E-state index in [0.717, 1.165) is 0 Å². The van der Waals surface area contributed by atoms with Crippen molar-refractivity contribution in [2.75, 3.05) is 17.3 Å². The average Bonchev–Trinajstić information content (AvgIpc) is 2.57. The number of nitrogens with one attached hydrogen (secondary N) is 1. The van der Waals surface area contributed by atoms with E-state index in [0.29, 0.717) is 27.9 Å². The Labute approximate surface area is 143 Å². The molecule has 1 aliphatic rings. The van der Waals surface area contributed by atoms with E-state index in [9.17, 15) is 9.59 Å². The van der Waals surface area contributed by atoms with Crippen molar-refractivity contribution >= 4 is 35.0 Å². The Morgan fingerprint density at radius 1 is 1.17 bits per heavy atom. The van der Waals surface area contributed by atoms with Crippen molar-refractivity contribution in [2.45, 2.75) is 13.0 Å². The van der Waals surface area contributed by atoms with E-state index in [1.54, 1.807) is 56.5 Å². The topological polar surface area (TPSA) is 67.9 Å². The van der Waals surface area contributed by atoms with Crippen LogP contribution in [0.1, 0.15) is 6.92 Å². The third kappa shape index (κ3) is 3.00. The maximum absolute atomic E-state index is 12.6. The van der Waals surface area contributed by atoms with Crippen LogP contribution < -0.4 is 19.7 Å². The van der Waals surface area contributed by atoms with Crippen LogP contribution in [0.5, 0.6) is 11.5 Å². The van der Waals surface area contributed by atoms with Crippen LogP contribution in [-0.4, -0.2) is 25.2 Å². The van der Waals surface area contributed by atoms with E-state index < -0.39 is 12.1 Å². The van der Waals surface area contributed by atoms with Gasteiger partial charge in [0.25, 0.3) is 0 Å². The summed E-state index contributed by atoms with van der Waals surface area (Å²) in [7, 11) is 1.55. The highest BCUT2D eigenvalue weighted by molar-refractivity contribution is 6.31. The lowest BCUT2D eigenvalue weighted by atomic mass is 10.1. The molecule has 1 heterocycles. The largest absolute Gasteiger partial charge is 0.497 e. The normalized spacial score (nSPS) is 16.2. The number of hydrogen-bond acceptors (Lipinski definition) is 4. The van der Waals surface area contributed by atoms with Crippen molar-refractivity contribution in [3.63, 3.8) is 0 Å². The number of carbonyl (C=O) groups is 2. The summed E-state index contributed by atoms with van der Waals surface area (Å²) in [6, 6.07) is 10.8. The third-order valence-electron chi connectivity index (χ3n) is 3.71. The SMILES string of the molecule is COc1ccc(OC(=O)N2c3cc(Cl)ccc3NC(=O)[C@@H]2C)cc1. The molecule has 0 radical (unpaired) electrons. The monoisotopic (exact) mass is 346 g/mol. The number of carbonyl (C=O) groups excluding carboxylic acids is 2. The van der Waals surface area contributed by atoms with Gasteiger partial charge in [0, 0.05) is 5.02 Å². The van der Waals surface area contributed by atoms with Gasteiger partial charge in [-0.2, -0.15) is 0 Å². The number of benzene rings is 2. The van der Waals surface area contributed by atoms with Crippen molar-refractivity contribution in [3.05, 3.63) is 47.5 Å². The second-order valence-corrected chi connectivity index (χ2v) is 5.68. The van der Waals surface area contributed by atoms with E-state index in [1.807, 2.05) is 0 Å². The van der Waals surface area contributed by atoms with Gasteiger partial charge in [-0.15, -0.1) is 0 Å². The Morgan fingerprint density at radius 3 is 2.50 bits per heavy atom. The fourth-order valence-corrected chi connectivity index (χ4v) is 2.59. The van der Waals surface area contributed by atoms with E-state index in [1.165, 1.54) is 4.90 Å². The molecule has 24 heavy (non-hydrogen) atoms. The number of methoxy groups -OCH3 is 1. The van der Waals surface area contributed by atoms with Crippen LogP contribution in [0, 0.1) is 0 Å². The minimum atomic E-state index is -0.721. The number of ether oxygens (including phenoxy) is 2. The third-order valence-corrected chi connectivity index (χ3v) is 3.94. The summed E-state index contributed by atoms with van der Waals surface area (Å²) < 4.78 is 10.4. The standard InChI is InChI=1S/C17H15ClN2O4/c1-10-16(21)19-14-8-3-11(18)9-15(14)20(10)17(22)24-13-6-4-12(23-2)5-7-13/h3-10H,1-2H3,(H,19,21)/t10-/m0/s1. The molecule has 0 aromatic heterocycles. The molecule has 0 saturated carbocycles. The van der Waals surface area contributed by atoms with Gasteiger partial charge in [-0.1, -0.05) is 11.6 Å². The predicted octanol–water partition coefficient (Wildman–Crippen LogP) is 3.69. The average molecular weight is 347 g/mol. The second-order valence-electron chi connectivity index (χ2n) is 5.24. The van der Waals surface area contributed by atoms with E-state index in [2.05, 4.69) is 5.32 Å². The summed E-state index contributed by atoms with van der Waals surface area (Å²) in [6.07, 6.45) is -0.661. The molecule has 0 saturated heterocycles. The number of rotatable bonds is 2. The summed E-state index contributed by atoms with van der Waals surface area (Å²) in [5.41, 5.74) is 1.00. The molecule has 2 aromatic rings. The van der Waals surface area contributed by atoms with E-state index in [4.69, 9.17) is 21.1 Å². The van der Waals surface area contributed by atoms with Crippen molar-refractivity contribution in [2.24, 2.45) is 0 Å². The zero-order valence-electron chi connectivity index (χ0n) is 13.1. The maximum Gasteiger partial charge on any atom is 0.420 e. The number of nitrogens with zero attached hydrogens (tertiary/aromatic N) is 1. The zero-order valence-corrected chi connectivity index (χ0v) is 13.8. The van der Waals surface area contributed by atoms with E-state index in [-0.39, 0.29) is 5.91 Å². The lowest BCUT2D eigenvalue weighted by Crippen LogP contribution is -2.50. The molecule has 0 unspecified atom stereocenters. The molecule has 1 atom stereocenters. The maximum atomic E-state index is 12.6. The quantitative estimate of drug-likeness (QED) is 0.900. The first-order valence-electron chi connectivity index (χ1n) is 7.25. The molecule has 2 amide bonds. The molecule has 1 aliphatic heterocycles. The minimum absolute atomic E-state index is 0.295. The van der Waals surface area contributed by atoms with Crippen molar-refractivity contribution < 1.29 is 19.1 Å². The number of anilines is 2. The van der Waals surface area contributed by atoms with Crippen LogP contribution >= 0.6 is 11.6 Å². The van der Waals surface area contributed by atoms with Crippen LogP contribution in [0.4, 0.5) is 16.2 Å². The molecule has 7 heteroatoms. The van der Waals surface area contributed by atoms with Gasteiger partial charge in [0.2, 0.25) is 5.91 Å². The highest BCUT2D eigenvalue weighted by Crippen LogP contribution is 2.35. The van der Waals surface area contributed by atoms with Crippen LogP contribution in [0.2, 0.25) is 5.02 Å². The Bertz CT molecular complexity index is 792. The Balaban J connectivity index is 1.90. The second kappa shape index (κ2) is 6.41. The first-order valence-corrected chi connectivity index (χ1v) is 7.63. The molecule has 1 N–H and O–H groups in total. The molecule has 0 spiro atoms. The lowest BCUT2D eigenvalue weighted by molar-refractivity contribution is -0.117. The van der Waals surface area contributed by atoms with Gasteiger partial charge < -0.3 is 14.8 Å². The highest BCUT2D eigenvalue weighted by atomic mass is 35.5. The van der Waals surface area contributed by atoms with Crippen LogP contribution in [0.3, 0.4) is 0 Å². The van der Waals surface area contributed by atoms with E-state index >= 15 is 0 Å². The van der Waals surface area contributed by atoms with Gasteiger partial charge in [-0.3, -0.25) is 9.69 Å². The van der Waals surface area contributed by atoms with Gasteiger partial charge in [0.1, 0.15) is 17.5 Å². The molecule has 3 rings (SSSR count). The fourth-order valence-electron chi connectivity index (χ4n) is 2.42. The summed E-state index contributed by atoms with van der Waals surface area (Å²) in [5.74, 6) is 0.705. The first-order chi connectivity index (χ1) is 11.5. The molecule has 0 bridgehead atoms. The number of fused-ring (bicyclic) bond motifs is 1. The molecule has 2 aromatic carbocycles. The van der Waals surface area contributed by atoms with Gasteiger partial charge in [-0.05, 0) is 49.4 Å². The summed E-state index contributed by atoms with van der Waals surface area (Å²) >= 11 is 6.02. The molecular weight excluding hydrogens is 332 g/mol. The zero-order chi connectivity index (χ0) is 17.3. The molecule has 0 aliphatic carbocycles. The Kier molecular flexibility index (Phi) is 4.31. The minimum Gasteiger partial charge on any atom is -0.497 e. The van der Waals surface area contributed by atoms with Gasteiger partial charge in [0.05, 0.1) is 18.5 Å². The Morgan fingerprint density at radius 2 is 1.83 bits per heavy atom. The predicted molar refractivity (Wildman–Crippen MR) is 91.0 cm³/mol. The fraction of sp³-hybridized carbons (Fsp3) is 0.176. The number of halogens is 1. The van der Waals surface area contributed by atoms with Crippen molar-refractivity contribution in [3.8, 4) is 11.5 Å². The molecule has 124 valence electrons. The first kappa shape index (κ1) is 16.1. The molecule has 6 nitrogen and oxygen atoms in total. The molecule has 0 fully saturated rings. The summed E-state index contributed by atoms with van der Waals surface area (Å²) in [4.78, 5) is 26.0. The number of hydrogen-bond donors (Lipinski definition) is 1. The van der Waals surface area contributed by atoms with Gasteiger partial charge >= 0.3 is 6.09 Å². The summed E-state index contributed by atoms with van der Waals surface area (Å²) in [6.45, 7) is 1.62. The smallest absolute Gasteiger partial charge is 0.420 e. The van der Waals surface area contributed by atoms with Gasteiger partial charge in [0.15, 0.2) is 0 Å². The van der Waals surface area contributed by atoms with Crippen molar-refractivity contribution in [1.82, 2.24) is 0 Å². The van der Waals surface area contributed by atoms with Gasteiger partial charge in [-0.25, -0.2) is 4.79 Å². The van der Waals surface area contributed by atoms with Crippen LogP contribution in [-0.2, 0) is 4.79 Å². The number of amides is 2. The summed E-state index contributed by atoms with van der Waals surface area (Å²) in [5, 5.41) is 3.19. The highest BCUT2D eigenvalue weighted by Gasteiger charge is 2.35. The van der Waals surface area contributed by atoms with Crippen LogP contribution in [0.25, 0.3) is 0 Å². The van der Waals surface area contributed by atoms with Crippen LogP contribution in [0.15, 0.2) is 42.5 Å². The Hall–Kier alpha value is -2.73. The van der Waals surface area contributed by atoms with Crippen molar-refractivity contribution in [1.29, 1.82) is 0 Å². The lowest BCUT2D eigenvalue weighted by Gasteiger charge is -2.33. The molecular formula is C17H15ClN2O4.